The molecular formula is C21H36N6O5S. The molecule has 1 aromatic rings. The molecule has 0 saturated heterocycles. The molecule has 0 aliphatic heterocycles. The highest BCUT2D eigenvalue weighted by atomic mass is 32.1. The van der Waals surface area contributed by atoms with Crippen LogP contribution >= 0.6 is 12.6 Å². The Morgan fingerprint density at radius 1 is 1.06 bits per heavy atom. The number of hydrogen-bond acceptors (Lipinski definition) is 7. The van der Waals surface area contributed by atoms with Crippen molar-refractivity contribution in [3.05, 3.63) is 18.2 Å². The van der Waals surface area contributed by atoms with Crippen molar-refractivity contribution in [1.29, 1.82) is 0 Å². The van der Waals surface area contributed by atoms with Crippen molar-refractivity contribution >= 4 is 36.3 Å². The maximum atomic E-state index is 13.1. The maximum absolute atomic E-state index is 13.1. The summed E-state index contributed by atoms with van der Waals surface area (Å²) in [6.07, 6.45) is 4.06. The number of aromatic nitrogens is 2. The molecule has 0 aliphatic carbocycles. The number of carbonyl (C=O) groups is 4. The largest absolute Gasteiger partial charge is 0.480 e. The Morgan fingerprint density at radius 2 is 1.64 bits per heavy atom. The smallest absolute Gasteiger partial charge is 0.327 e. The lowest BCUT2D eigenvalue weighted by molar-refractivity contribution is -0.141. The molecule has 0 fully saturated rings. The monoisotopic (exact) mass is 484 g/mol. The molecule has 5 atom stereocenters. The number of nitrogens with two attached hydrogens (primary N) is 1. The van der Waals surface area contributed by atoms with Crippen molar-refractivity contribution in [2.75, 3.05) is 5.75 Å². The highest BCUT2D eigenvalue weighted by molar-refractivity contribution is 7.80. The van der Waals surface area contributed by atoms with Crippen molar-refractivity contribution in [2.24, 2.45) is 17.6 Å². The summed E-state index contributed by atoms with van der Waals surface area (Å²) in [4.78, 5) is 56.6. The zero-order chi connectivity index (χ0) is 25.1. The van der Waals surface area contributed by atoms with Crippen LogP contribution in [0.5, 0.6) is 0 Å². The number of carbonyl (C=O) groups excluding carboxylic acids is 3. The van der Waals surface area contributed by atoms with Crippen LogP contribution in [0.4, 0.5) is 0 Å². The van der Waals surface area contributed by atoms with E-state index in [1.165, 1.54) is 12.5 Å². The van der Waals surface area contributed by atoms with E-state index in [9.17, 15) is 24.3 Å². The quantitative estimate of drug-likeness (QED) is 0.179. The Hall–Kier alpha value is -2.60. The van der Waals surface area contributed by atoms with E-state index in [1.54, 1.807) is 0 Å². The molecule has 0 spiro atoms. The van der Waals surface area contributed by atoms with Crippen LogP contribution in [0.15, 0.2) is 12.5 Å². The maximum Gasteiger partial charge on any atom is 0.327 e. The molecular weight excluding hydrogens is 448 g/mol. The summed E-state index contributed by atoms with van der Waals surface area (Å²) in [5, 5.41) is 16.9. The third-order valence-electron chi connectivity index (χ3n) is 5.31. The van der Waals surface area contributed by atoms with E-state index in [4.69, 9.17) is 5.73 Å². The Bertz CT molecular complexity index is 788. The van der Waals surface area contributed by atoms with E-state index in [-0.39, 0.29) is 30.4 Å². The van der Waals surface area contributed by atoms with Crippen LogP contribution in [-0.4, -0.2) is 68.7 Å². The number of thiol groups is 1. The van der Waals surface area contributed by atoms with E-state index in [0.29, 0.717) is 12.1 Å². The lowest BCUT2D eigenvalue weighted by Gasteiger charge is -2.26. The van der Waals surface area contributed by atoms with Gasteiger partial charge in [0.1, 0.15) is 18.1 Å². The normalized spacial score (nSPS) is 15.7. The molecule has 5 unspecified atom stereocenters. The first kappa shape index (κ1) is 28.4. The molecule has 0 bridgehead atoms. The molecule has 1 aromatic heterocycles. The summed E-state index contributed by atoms with van der Waals surface area (Å²) in [6.45, 7) is 7.50. The number of aromatic amines is 1. The van der Waals surface area contributed by atoms with Crippen LogP contribution in [0.25, 0.3) is 0 Å². The fourth-order valence-corrected chi connectivity index (χ4v) is 3.29. The third-order valence-corrected chi connectivity index (χ3v) is 5.67. The van der Waals surface area contributed by atoms with Gasteiger partial charge in [0.15, 0.2) is 0 Å². The highest BCUT2D eigenvalue weighted by Crippen LogP contribution is 2.09. The van der Waals surface area contributed by atoms with Crippen LogP contribution in [0, 0.1) is 11.8 Å². The number of H-pyrrole nitrogens is 1. The number of amides is 3. The molecule has 11 nitrogen and oxygen atoms in total. The first-order valence-corrected chi connectivity index (χ1v) is 11.6. The lowest BCUT2D eigenvalue weighted by Crippen LogP contribution is -2.58. The predicted octanol–water partition coefficient (Wildman–Crippen LogP) is -0.159. The number of nitrogens with one attached hydrogen (secondary N) is 4. The highest BCUT2D eigenvalue weighted by Gasteiger charge is 2.31. The average molecular weight is 485 g/mol. The van der Waals surface area contributed by atoms with Crippen molar-refractivity contribution in [2.45, 2.75) is 71.1 Å². The minimum Gasteiger partial charge on any atom is -0.480 e. The second kappa shape index (κ2) is 13.8. The summed E-state index contributed by atoms with van der Waals surface area (Å²) < 4.78 is 0. The first-order valence-electron chi connectivity index (χ1n) is 11.0. The van der Waals surface area contributed by atoms with Gasteiger partial charge < -0.3 is 31.8 Å². The zero-order valence-electron chi connectivity index (χ0n) is 19.5. The summed E-state index contributed by atoms with van der Waals surface area (Å²) in [7, 11) is 0. The summed E-state index contributed by atoms with van der Waals surface area (Å²) in [6, 6.07) is -4.01. The summed E-state index contributed by atoms with van der Waals surface area (Å²) >= 11 is 3.95. The third kappa shape index (κ3) is 9.42. The average Bonchev–Trinajstić information content (AvgIpc) is 3.27. The Kier molecular flexibility index (Phi) is 11.9. The number of carboxylic acids is 1. The summed E-state index contributed by atoms with van der Waals surface area (Å²) in [5.41, 5.74) is 6.63. The van der Waals surface area contributed by atoms with Crippen LogP contribution in [0.1, 0.15) is 46.2 Å². The van der Waals surface area contributed by atoms with Gasteiger partial charge in [-0.2, -0.15) is 12.6 Å². The van der Waals surface area contributed by atoms with Crippen LogP contribution < -0.4 is 21.7 Å². The first-order chi connectivity index (χ1) is 15.5. The second-order valence-corrected chi connectivity index (χ2v) is 8.89. The van der Waals surface area contributed by atoms with Crippen molar-refractivity contribution in [3.8, 4) is 0 Å². The molecule has 0 radical (unpaired) electrons. The molecule has 0 aromatic carbocycles. The number of aliphatic carboxylic acids is 1. The van der Waals surface area contributed by atoms with E-state index >= 15 is 0 Å². The molecule has 12 heteroatoms. The predicted molar refractivity (Wildman–Crippen MR) is 126 cm³/mol. The van der Waals surface area contributed by atoms with E-state index in [0.717, 1.165) is 0 Å². The van der Waals surface area contributed by atoms with E-state index < -0.39 is 47.9 Å². The van der Waals surface area contributed by atoms with Gasteiger partial charge in [-0.1, -0.05) is 34.1 Å². The number of imidazole rings is 1. The molecule has 33 heavy (non-hydrogen) atoms. The zero-order valence-corrected chi connectivity index (χ0v) is 20.4. The molecule has 1 rings (SSSR count). The molecule has 0 aliphatic rings. The minimum absolute atomic E-state index is 0.0276. The van der Waals surface area contributed by atoms with Gasteiger partial charge in [-0.15, -0.1) is 0 Å². The van der Waals surface area contributed by atoms with Crippen molar-refractivity contribution < 1.29 is 24.3 Å². The lowest BCUT2D eigenvalue weighted by atomic mass is 9.98. The van der Waals surface area contributed by atoms with E-state index in [1.807, 2.05) is 27.7 Å². The molecule has 1 heterocycles. The van der Waals surface area contributed by atoms with Gasteiger partial charge in [-0.05, 0) is 18.3 Å². The van der Waals surface area contributed by atoms with Crippen LogP contribution in [0.3, 0.4) is 0 Å². The van der Waals surface area contributed by atoms with Crippen LogP contribution in [-0.2, 0) is 25.6 Å². The van der Waals surface area contributed by atoms with Crippen molar-refractivity contribution in [1.82, 2.24) is 25.9 Å². The van der Waals surface area contributed by atoms with Gasteiger partial charge in [0.05, 0.1) is 12.4 Å². The molecule has 186 valence electrons. The van der Waals surface area contributed by atoms with Gasteiger partial charge in [-0.3, -0.25) is 14.4 Å². The molecule has 0 saturated carbocycles. The Morgan fingerprint density at radius 3 is 2.12 bits per heavy atom. The number of carboxylic acid groups (broad SMARTS) is 1. The molecule has 7 N–H and O–H groups in total. The van der Waals surface area contributed by atoms with Gasteiger partial charge in [0, 0.05) is 24.1 Å². The second-order valence-electron chi connectivity index (χ2n) is 8.53. The Balaban J connectivity index is 3.04. The standard InChI is InChI=1S/C21H36N6O5S/c1-5-12(4)17(22)20(30)26-15(7-13-8-23-10-24-13)19(29)25-14(6-11(2)3)18(28)27-16(9-33)21(31)32/h8,10-12,14-17,33H,5-7,9,22H2,1-4H3,(H,23,24)(H,25,29)(H,26,30)(H,27,28)(H,31,32). The number of rotatable bonds is 14. The fourth-order valence-electron chi connectivity index (χ4n) is 3.04. The van der Waals surface area contributed by atoms with Crippen LogP contribution in [0.2, 0.25) is 0 Å². The van der Waals surface area contributed by atoms with Gasteiger partial charge in [0.25, 0.3) is 0 Å². The minimum atomic E-state index is -1.23. The van der Waals surface area contributed by atoms with Gasteiger partial charge in [0.2, 0.25) is 17.7 Å². The number of hydrogen-bond donors (Lipinski definition) is 7. The SMILES string of the molecule is CCC(C)C(N)C(=O)NC(Cc1cnc[nH]1)C(=O)NC(CC(C)C)C(=O)NC(CS)C(=O)O. The topological polar surface area (TPSA) is 179 Å². The number of nitrogens with zero attached hydrogens (tertiary/aromatic N) is 1. The van der Waals surface area contributed by atoms with Gasteiger partial charge in [-0.25, -0.2) is 9.78 Å². The van der Waals surface area contributed by atoms with Gasteiger partial charge >= 0.3 is 5.97 Å². The Labute approximate surface area is 199 Å². The van der Waals surface area contributed by atoms with Crippen molar-refractivity contribution in [3.63, 3.8) is 0 Å². The summed E-state index contributed by atoms with van der Waals surface area (Å²) in [5.74, 6) is -3.09. The molecule has 3 amide bonds. The van der Waals surface area contributed by atoms with E-state index in [2.05, 4.69) is 38.5 Å². The fraction of sp³-hybridized carbons (Fsp3) is 0.667.